The Labute approximate surface area is 117 Å². The molecule has 0 aliphatic heterocycles. The molecule has 0 atom stereocenters. The number of esters is 1. The Kier molecular flexibility index (Phi) is 5.15. The van der Waals surface area contributed by atoms with Gasteiger partial charge in [0.1, 0.15) is 5.76 Å². The molecule has 6 heteroatoms. The maximum Gasteiger partial charge on any atom is 0.306 e. The summed E-state index contributed by atoms with van der Waals surface area (Å²) < 4.78 is 9.75. The van der Waals surface area contributed by atoms with Crippen molar-refractivity contribution in [3.63, 3.8) is 0 Å². The number of nitrogens with zero attached hydrogens (tertiary/aromatic N) is 1. The number of hydrogen-bond acceptors (Lipinski definition) is 5. The molecule has 0 unspecified atom stereocenters. The smallest absolute Gasteiger partial charge is 0.306 e. The minimum absolute atomic E-state index is 0.282. The van der Waals surface area contributed by atoms with E-state index in [1.807, 2.05) is 0 Å². The number of aromatic nitrogens is 1. The molecule has 0 aromatic carbocycles. The molecule has 1 aromatic rings. The number of anilines is 1. The maximum absolute atomic E-state index is 11.5. The van der Waals surface area contributed by atoms with Gasteiger partial charge in [-0.05, 0) is 19.3 Å². The third-order valence-corrected chi connectivity index (χ3v) is 3.49. The Hall–Kier alpha value is -1.85. The van der Waals surface area contributed by atoms with Crippen LogP contribution in [0.25, 0.3) is 0 Å². The SMILES string of the molecule is Cc1cc(NC(=O)COC(=O)CCC2CCCC2)no1. The van der Waals surface area contributed by atoms with E-state index in [1.54, 1.807) is 13.0 Å². The number of carbonyl (C=O) groups is 2. The van der Waals surface area contributed by atoms with E-state index in [2.05, 4.69) is 10.5 Å². The first-order valence-electron chi connectivity index (χ1n) is 7.02. The number of ether oxygens (including phenoxy) is 1. The second kappa shape index (κ2) is 7.07. The summed E-state index contributed by atoms with van der Waals surface area (Å²) in [6.07, 6.45) is 6.20. The lowest BCUT2D eigenvalue weighted by Crippen LogP contribution is -2.21. The van der Waals surface area contributed by atoms with Crippen LogP contribution >= 0.6 is 0 Å². The number of aryl methyl sites for hydroxylation is 1. The minimum Gasteiger partial charge on any atom is -0.456 e. The van der Waals surface area contributed by atoms with Crippen molar-refractivity contribution in [3.05, 3.63) is 11.8 Å². The molecule has 20 heavy (non-hydrogen) atoms. The summed E-state index contributed by atoms with van der Waals surface area (Å²) >= 11 is 0. The van der Waals surface area contributed by atoms with Crippen molar-refractivity contribution >= 4 is 17.7 Å². The largest absolute Gasteiger partial charge is 0.456 e. The van der Waals surface area contributed by atoms with Crippen molar-refractivity contribution in [3.8, 4) is 0 Å². The van der Waals surface area contributed by atoms with Gasteiger partial charge in [0, 0.05) is 12.5 Å². The van der Waals surface area contributed by atoms with Gasteiger partial charge in [0.05, 0.1) is 0 Å². The van der Waals surface area contributed by atoms with E-state index in [9.17, 15) is 9.59 Å². The predicted octanol–water partition coefficient (Wildman–Crippen LogP) is 2.44. The Bertz CT molecular complexity index is 463. The highest BCUT2D eigenvalue weighted by molar-refractivity contribution is 5.91. The Balaban J connectivity index is 1.61. The molecule has 0 spiro atoms. The molecular formula is C14H20N2O4. The number of carbonyl (C=O) groups excluding carboxylic acids is 2. The molecule has 110 valence electrons. The van der Waals surface area contributed by atoms with Crippen LogP contribution < -0.4 is 5.32 Å². The first-order valence-corrected chi connectivity index (χ1v) is 7.02. The van der Waals surface area contributed by atoms with Crippen LogP contribution in [0.5, 0.6) is 0 Å². The van der Waals surface area contributed by atoms with Gasteiger partial charge in [0.15, 0.2) is 12.4 Å². The molecule has 1 heterocycles. The summed E-state index contributed by atoms with van der Waals surface area (Å²) in [5, 5.41) is 6.12. The standard InChI is InChI=1S/C14H20N2O4/c1-10-8-12(16-20-10)15-13(17)9-19-14(18)7-6-11-4-2-3-5-11/h8,11H,2-7,9H2,1H3,(H,15,16,17). The lowest BCUT2D eigenvalue weighted by molar-refractivity contribution is -0.147. The van der Waals surface area contributed by atoms with Crippen molar-refractivity contribution in [2.45, 2.75) is 45.4 Å². The fraction of sp³-hybridized carbons (Fsp3) is 0.643. The Morgan fingerprint density at radius 1 is 1.45 bits per heavy atom. The average Bonchev–Trinajstić information content (AvgIpc) is 3.06. The van der Waals surface area contributed by atoms with Crippen molar-refractivity contribution in [1.29, 1.82) is 0 Å². The highest BCUT2D eigenvalue weighted by Crippen LogP contribution is 2.28. The van der Waals surface area contributed by atoms with Gasteiger partial charge in [-0.3, -0.25) is 9.59 Å². The van der Waals surface area contributed by atoms with Crippen LogP contribution in [0.15, 0.2) is 10.6 Å². The van der Waals surface area contributed by atoms with E-state index < -0.39 is 5.91 Å². The van der Waals surface area contributed by atoms with Crippen LogP contribution in [0.4, 0.5) is 5.82 Å². The normalized spacial score (nSPS) is 15.2. The molecule has 1 aliphatic carbocycles. The van der Waals surface area contributed by atoms with E-state index in [4.69, 9.17) is 9.26 Å². The summed E-state index contributed by atoms with van der Waals surface area (Å²) in [4.78, 5) is 23.0. The summed E-state index contributed by atoms with van der Waals surface area (Å²) in [7, 11) is 0. The lowest BCUT2D eigenvalue weighted by Gasteiger charge is -2.08. The molecule has 1 N–H and O–H groups in total. The van der Waals surface area contributed by atoms with E-state index in [0.717, 1.165) is 6.42 Å². The summed E-state index contributed by atoms with van der Waals surface area (Å²) in [5.41, 5.74) is 0. The van der Waals surface area contributed by atoms with Gasteiger partial charge in [-0.25, -0.2) is 0 Å². The van der Waals surface area contributed by atoms with Crippen LogP contribution in [0, 0.1) is 12.8 Å². The van der Waals surface area contributed by atoms with Crippen molar-refractivity contribution < 1.29 is 18.8 Å². The van der Waals surface area contributed by atoms with Crippen LogP contribution in [-0.2, 0) is 14.3 Å². The quantitative estimate of drug-likeness (QED) is 0.809. The van der Waals surface area contributed by atoms with Crippen molar-refractivity contribution in [2.75, 3.05) is 11.9 Å². The molecular weight excluding hydrogens is 260 g/mol. The first kappa shape index (κ1) is 14.6. The Morgan fingerprint density at radius 2 is 2.20 bits per heavy atom. The van der Waals surface area contributed by atoms with Gasteiger partial charge in [0.25, 0.3) is 5.91 Å². The van der Waals surface area contributed by atoms with Crippen LogP contribution in [0.1, 0.15) is 44.3 Å². The van der Waals surface area contributed by atoms with Gasteiger partial charge in [-0.2, -0.15) is 0 Å². The van der Waals surface area contributed by atoms with Gasteiger partial charge >= 0.3 is 5.97 Å². The number of amides is 1. The fourth-order valence-electron chi connectivity index (χ4n) is 2.44. The highest BCUT2D eigenvalue weighted by atomic mass is 16.5. The molecule has 0 saturated heterocycles. The van der Waals surface area contributed by atoms with Crippen LogP contribution in [-0.4, -0.2) is 23.6 Å². The van der Waals surface area contributed by atoms with Crippen molar-refractivity contribution in [2.24, 2.45) is 5.92 Å². The molecule has 0 radical (unpaired) electrons. The van der Waals surface area contributed by atoms with E-state index >= 15 is 0 Å². The van der Waals surface area contributed by atoms with E-state index in [-0.39, 0.29) is 12.6 Å². The summed E-state index contributed by atoms with van der Waals surface area (Å²) in [5.74, 6) is 0.855. The molecule has 1 fully saturated rings. The molecule has 2 rings (SSSR count). The lowest BCUT2D eigenvalue weighted by atomic mass is 10.0. The average molecular weight is 280 g/mol. The minimum atomic E-state index is -0.410. The Morgan fingerprint density at radius 3 is 2.85 bits per heavy atom. The molecule has 6 nitrogen and oxygen atoms in total. The summed E-state index contributed by atoms with van der Waals surface area (Å²) in [6, 6.07) is 1.60. The third kappa shape index (κ3) is 4.68. The molecule has 0 bridgehead atoms. The van der Waals surface area contributed by atoms with Crippen LogP contribution in [0.3, 0.4) is 0 Å². The summed E-state index contributed by atoms with van der Waals surface area (Å²) in [6.45, 7) is 1.45. The fourth-order valence-corrected chi connectivity index (χ4v) is 2.44. The molecule has 1 amide bonds. The monoisotopic (exact) mass is 280 g/mol. The van der Waals surface area contributed by atoms with E-state index in [1.165, 1.54) is 25.7 Å². The topological polar surface area (TPSA) is 81.4 Å². The zero-order valence-electron chi connectivity index (χ0n) is 11.7. The second-order valence-electron chi connectivity index (χ2n) is 5.22. The zero-order valence-corrected chi connectivity index (χ0v) is 11.7. The highest BCUT2D eigenvalue weighted by Gasteiger charge is 2.17. The molecule has 1 saturated carbocycles. The zero-order chi connectivity index (χ0) is 14.4. The first-order chi connectivity index (χ1) is 9.63. The van der Waals surface area contributed by atoms with Gasteiger partial charge in [-0.1, -0.05) is 30.8 Å². The number of nitrogens with one attached hydrogen (secondary N) is 1. The van der Waals surface area contributed by atoms with Gasteiger partial charge in [0.2, 0.25) is 0 Å². The predicted molar refractivity (Wildman–Crippen MR) is 72.0 cm³/mol. The number of hydrogen-bond donors (Lipinski definition) is 1. The van der Waals surface area contributed by atoms with Gasteiger partial charge in [-0.15, -0.1) is 0 Å². The van der Waals surface area contributed by atoms with E-state index in [0.29, 0.717) is 23.9 Å². The van der Waals surface area contributed by atoms with Gasteiger partial charge < -0.3 is 14.6 Å². The van der Waals surface area contributed by atoms with Crippen molar-refractivity contribution in [1.82, 2.24) is 5.16 Å². The maximum atomic E-state index is 11.5. The molecule has 1 aliphatic rings. The third-order valence-electron chi connectivity index (χ3n) is 3.49. The second-order valence-corrected chi connectivity index (χ2v) is 5.22. The number of rotatable bonds is 6. The molecule has 1 aromatic heterocycles. The van der Waals surface area contributed by atoms with Crippen LogP contribution in [0.2, 0.25) is 0 Å².